The molecule has 6 nitrogen and oxygen atoms in total. The molecule has 0 saturated heterocycles. The minimum atomic E-state index is -2.72. The highest BCUT2D eigenvalue weighted by atomic mass is 28.4. The van der Waals surface area contributed by atoms with Gasteiger partial charge in [-0.25, -0.2) is 9.79 Å². The molecule has 8 heteroatoms. The van der Waals surface area contributed by atoms with Gasteiger partial charge in [-0.15, -0.1) is 0 Å². The molecule has 24 heavy (non-hydrogen) atoms. The van der Waals surface area contributed by atoms with E-state index in [0.717, 1.165) is 10.5 Å². The summed E-state index contributed by atoms with van der Waals surface area (Å²) in [5, 5.41) is 0. The third-order valence-corrected chi connectivity index (χ3v) is 6.93. The fourth-order valence-electron chi connectivity index (χ4n) is 1.76. The number of rotatable bonds is 11. The van der Waals surface area contributed by atoms with Gasteiger partial charge in [0.15, 0.2) is 0 Å². The minimum absolute atomic E-state index is 0.0405. The zero-order valence-electron chi connectivity index (χ0n) is 16.9. The third-order valence-electron chi connectivity index (χ3n) is 2.53. The van der Waals surface area contributed by atoms with Crippen molar-refractivity contribution < 1.29 is 22.5 Å². The Bertz CT molecular complexity index is 319. The third kappa shape index (κ3) is 16.5. The van der Waals surface area contributed by atoms with E-state index < -0.39 is 8.80 Å². The average molecular weight is 380 g/mol. The van der Waals surface area contributed by atoms with Crippen molar-refractivity contribution in [2.24, 2.45) is 4.99 Å². The molecule has 0 aromatic heterocycles. The van der Waals surface area contributed by atoms with Gasteiger partial charge >= 0.3 is 8.80 Å². The Kier molecular flexibility index (Phi) is 16.1. The van der Waals surface area contributed by atoms with Gasteiger partial charge in [0.25, 0.3) is 0 Å². The van der Waals surface area contributed by atoms with E-state index in [2.05, 4.69) is 4.99 Å². The van der Waals surface area contributed by atoms with Crippen LogP contribution in [0.2, 0.25) is 6.04 Å². The first kappa shape index (κ1) is 25.9. The minimum Gasteiger partial charge on any atom is -0.426 e. The molecule has 0 bridgehead atoms. The molecule has 0 amide bonds. The van der Waals surface area contributed by atoms with Crippen LogP contribution in [0.25, 0.3) is 0 Å². The van der Waals surface area contributed by atoms with E-state index in [1.54, 1.807) is 6.08 Å². The molecule has 0 saturated carbocycles. The molecule has 0 aromatic rings. The Morgan fingerprint density at radius 1 is 0.875 bits per heavy atom. The molecule has 0 aromatic carbocycles. The molecular formula is C16H37NO5Si2. The van der Waals surface area contributed by atoms with Gasteiger partial charge in [0.1, 0.15) is 10.5 Å². The van der Waals surface area contributed by atoms with Crippen LogP contribution in [-0.2, 0) is 22.5 Å². The smallest absolute Gasteiger partial charge is 0.426 e. The van der Waals surface area contributed by atoms with Crippen molar-refractivity contribution in [2.75, 3.05) is 6.54 Å². The highest BCUT2D eigenvalue weighted by Crippen LogP contribution is 2.23. The lowest BCUT2D eigenvalue weighted by molar-refractivity contribution is 0.00301. The molecule has 0 rings (SSSR count). The lowest BCUT2D eigenvalue weighted by Crippen LogP contribution is -2.50. The van der Waals surface area contributed by atoms with Crippen molar-refractivity contribution in [3.63, 3.8) is 0 Å². The largest absolute Gasteiger partial charge is 0.501 e. The number of isocyanates is 1. The molecule has 144 valence electrons. The summed E-state index contributed by atoms with van der Waals surface area (Å²) in [4.78, 5) is 13.7. The summed E-state index contributed by atoms with van der Waals surface area (Å²) in [6, 6.07) is 0.659. The van der Waals surface area contributed by atoms with Gasteiger partial charge in [0.05, 0.1) is 6.54 Å². The predicted octanol–water partition coefficient (Wildman–Crippen LogP) is 2.62. The van der Waals surface area contributed by atoms with Crippen molar-refractivity contribution in [3.05, 3.63) is 0 Å². The van der Waals surface area contributed by atoms with Crippen LogP contribution in [-0.4, -0.2) is 56.3 Å². The topological polar surface area (TPSA) is 66.4 Å². The summed E-state index contributed by atoms with van der Waals surface area (Å²) < 4.78 is 22.9. The van der Waals surface area contributed by atoms with Gasteiger partial charge in [-0.2, -0.15) is 0 Å². The summed E-state index contributed by atoms with van der Waals surface area (Å²) in [6.45, 7) is 16.3. The Morgan fingerprint density at radius 2 is 1.25 bits per heavy atom. The van der Waals surface area contributed by atoms with Crippen LogP contribution in [0.3, 0.4) is 0 Å². The fourth-order valence-corrected chi connectivity index (χ4v) is 5.02. The van der Waals surface area contributed by atoms with Crippen LogP contribution in [0.1, 0.15) is 61.8 Å². The highest BCUT2D eigenvalue weighted by molar-refractivity contribution is 6.60. The number of nitrogens with zero attached hydrogens (tertiary/aromatic N) is 1. The van der Waals surface area contributed by atoms with Gasteiger partial charge in [-0.05, 0) is 61.8 Å². The molecular weight excluding hydrogens is 342 g/mol. The SMILES string of the molecule is CC(C)O[SiH3].CC(C)O[Si](CCCN=C=O)(OC(C)C)OC(C)C. The molecule has 0 aliphatic heterocycles. The van der Waals surface area contributed by atoms with E-state index in [0.29, 0.717) is 25.1 Å². The fraction of sp³-hybridized carbons (Fsp3) is 0.938. The number of hydrogen-bond acceptors (Lipinski definition) is 6. The first-order valence-corrected chi connectivity index (χ1v) is 11.4. The van der Waals surface area contributed by atoms with Crippen molar-refractivity contribution in [3.8, 4) is 0 Å². The van der Waals surface area contributed by atoms with Crippen LogP contribution in [0.5, 0.6) is 0 Å². The van der Waals surface area contributed by atoms with Gasteiger partial charge in [-0.1, -0.05) is 0 Å². The summed E-state index contributed by atoms with van der Waals surface area (Å²) in [7, 11) is -1.85. The second kappa shape index (κ2) is 15.0. The number of aliphatic imine (C=N–C) groups is 1. The Balaban J connectivity index is 0. The molecule has 0 fully saturated rings. The first-order chi connectivity index (χ1) is 11.1. The summed E-state index contributed by atoms with van der Waals surface area (Å²) >= 11 is 0. The first-order valence-electron chi connectivity index (χ1n) is 8.68. The second-order valence-corrected chi connectivity index (χ2v) is 9.59. The van der Waals surface area contributed by atoms with Crippen molar-refractivity contribution in [1.29, 1.82) is 0 Å². The quantitative estimate of drug-likeness (QED) is 0.239. The molecule has 0 aliphatic carbocycles. The van der Waals surface area contributed by atoms with Gasteiger partial charge in [0.2, 0.25) is 6.08 Å². The summed E-state index contributed by atoms with van der Waals surface area (Å²) in [5.74, 6) is 0. The van der Waals surface area contributed by atoms with E-state index in [9.17, 15) is 4.79 Å². The molecule has 0 unspecified atom stereocenters. The lowest BCUT2D eigenvalue weighted by atomic mass is 10.5. The summed E-state index contributed by atoms with van der Waals surface area (Å²) in [6.07, 6.45) is 2.81. The highest BCUT2D eigenvalue weighted by Gasteiger charge is 2.43. The molecule has 0 heterocycles. The van der Waals surface area contributed by atoms with Crippen molar-refractivity contribution in [1.82, 2.24) is 0 Å². The molecule has 0 spiro atoms. The van der Waals surface area contributed by atoms with Crippen LogP contribution < -0.4 is 0 Å². The van der Waals surface area contributed by atoms with Gasteiger partial charge in [-0.3, -0.25) is 0 Å². The maximum atomic E-state index is 10.1. The van der Waals surface area contributed by atoms with Crippen molar-refractivity contribution in [2.45, 2.75) is 92.3 Å². The summed E-state index contributed by atoms with van der Waals surface area (Å²) in [5.41, 5.74) is 0. The van der Waals surface area contributed by atoms with Crippen LogP contribution >= 0.6 is 0 Å². The van der Waals surface area contributed by atoms with Crippen LogP contribution in [0.4, 0.5) is 0 Å². The van der Waals surface area contributed by atoms with Crippen LogP contribution in [0, 0.1) is 0 Å². The zero-order chi connectivity index (χ0) is 19.2. The molecule has 0 radical (unpaired) electrons. The van der Waals surface area contributed by atoms with Gasteiger partial charge in [0, 0.05) is 30.5 Å². The van der Waals surface area contributed by atoms with E-state index in [1.165, 1.54) is 0 Å². The second-order valence-electron chi connectivity index (χ2n) is 6.54. The normalized spacial score (nSPS) is 11.8. The Morgan fingerprint density at radius 3 is 1.50 bits per heavy atom. The van der Waals surface area contributed by atoms with E-state index >= 15 is 0 Å². The molecule has 0 aliphatic rings. The van der Waals surface area contributed by atoms with E-state index in [4.69, 9.17) is 17.7 Å². The standard InChI is InChI=1S/C13H27NO4Si.C3H10OSi/c1-11(2)16-19(17-12(3)4,18-13(5)6)9-7-8-14-10-15;1-3(2)4-5/h11-13H,7-9H2,1-6H3;3H,1-2,5H3. The molecule has 0 atom stereocenters. The molecule has 0 N–H and O–H groups in total. The Hall–Kier alpha value is -0.346. The average Bonchev–Trinajstić information content (AvgIpc) is 2.42. The number of carbonyl (C=O) groups excluding carboxylic acids is 1. The lowest BCUT2D eigenvalue weighted by Gasteiger charge is -2.34. The monoisotopic (exact) mass is 379 g/mol. The Labute approximate surface area is 152 Å². The predicted molar refractivity (Wildman–Crippen MR) is 103 cm³/mol. The van der Waals surface area contributed by atoms with E-state index in [-0.39, 0.29) is 18.3 Å². The van der Waals surface area contributed by atoms with Crippen molar-refractivity contribution >= 4 is 25.4 Å². The van der Waals surface area contributed by atoms with Crippen LogP contribution in [0.15, 0.2) is 4.99 Å². The maximum Gasteiger partial charge on any atom is 0.501 e. The number of hydrogen-bond donors (Lipinski definition) is 0. The van der Waals surface area contributed by atoms with E-state index in [1.807, 2.05) is 55.4 Å². The van der Waals surface area contributed by atoms with Gasteiger partial charge < -0.3 is 17.7 Å². The zero-order valence-corrected chi connectivity index (χ0v) is 19.9. The maximum absolute atomic E-state index is 10.1.